The van der Waals surface area contributed by atoms with Crippen molar-refractivity contribution in [1.29, 1.82) is 0 Å². The van der Waals surface area contributed by atoms with Gasteiger partial charge in [-0.05, 0) is 38.2 Å². The molecule has 1 aliphatic rings. The molecule has 2 N–H and O–H groups in total. The van der Waals surface area contributed by atoms with Gasteiger partial charge < -0.3 is 15.2 Å². The summed E-state index contributed by atoms with van der Waals surface area (Å²) in [6.07, 6.45) is 7.31. The number of rotatable bonds is 6. The van der Waals surface area contributed by atoms with Crippen molar-refractivity contribution in [3.05, 3.63) is 68.4 Å². The summed E-state index contributed by atoms with van der Waals surface area (Å²) in [6, 6.07) is 10.0. The third-order valence-electron chi connectivity index (χ3n) is 6.46. The van der Waals surface area contributed by atoms with Crippen molar-refractivity contribution in [3.8, 4) is 0 Å². The number of imidazole rings is 1. The summed E-state index contributed by atoms with van der Waals surface area (Å²) in [5.41, 5.74) is 8.73. The molecule has 3 aromatic rings. The van der Waals surface area contributed by atoms with E-state index < -0.39 is 10.8 Å². The molecule has 37 heavy (non-hydrogen) atoms. The van der Waals surface area contributed by atoms with E-state index in [0.29, 0.717) is 36.7 Å². The molecule has 3 heterocycles. The van der Waals surface area contributed by atoms with E-state index in [1.165, 1.54) is 9.13 Å². The van der Waals surface area contributed by atoms with Crippen molar-refractivity contribution in [1.82, 2.24) is 18.7 Å². The maximum atomic E-state index is 13.7. The molecule has 10 heteroatoms. The zero-order chi connectivity index (χ0) is 27.3. The summed E-state index contributed by atoms with van der Waals surface area (Å²) in [7, 11) is 1.08. The summed E-state index contributed by atoms with van der Waals surface area (Å²) in [6.45, 7) is 8.44. The van der Waals surface area contributed by atoms with Crippen molar-refractivity contribution in [2.24, 2.45) is 12.8 Å². The van der Waals surface area contributed by atoms with Crippen LogP contribution in [0.25, 0.3) is 11.2 Å². The van der Waals surface area contributed by atoms with E-state index in [1.54, 1.807) is 19.6 Å². The number of piperidine rings is 1. The fraction of sp³-hybridized carbons (Fsp3) is 0.519. The van der Waals surface area contributed by atoms with Gasteiger partial charge in [0, 0.05) is 62.6 Å². The van der Waals surface area contributed by atoms with Gasteiger partial charge >= 0.3 is 5.69 Å². The van der Waals surface area contributed by atoms with Gasteiger partial charge in [-0.15, -0.1) is 0 Å². The first-order valence-electron chi connectivity index (χ1n) is 12.6. The van der Waals surface area contributed by atoms with Crippen LogP contribution in [0.4, 0.5) is 5.95 Å². The van der Waals surface area contributed by atoms with Gasteiger partial charge in [0.25, 0.3) is 5.56 Å². The number of fused-ring (bicyclic) bond motifs is 1. The minimum Gasteiger partial charge on any atom is -0.341 e. The lowest BCUT2D eigenvalue weighted by Crippen LogP contribution is -2.44. The van der Waals surface area contributed by atoms with Crippen LogP contribution in [0.2, 0.25) is 0 Å². The van der Waals surface area contributed by atoms with E-state index in [1.807, 2.05) is 55.7 Å². The molecule has 0 aliphatic carbocycles. The Kier molecular flexibility index (Phi) is 9.67. The summed E-state index contributed by atoms with van der Waals surface area (Å²) in [5, 5.41) is 0. The van der Waals surface area contributed by atoms with E-state index in [9.17, 15) is 13.8 Å². The van der Waals surface area contributed by atoms with Crippen LogP contribution in [-0.4, -0.2) is 54.5 Å². The number of allylic oxidation sites excluding steroid dienone is 2. The maximum absolute atomic E-state index is 13.7. The number of benzene rings is 1. The van der Waals surface area contributed by atoms with Crippen LogP contribution in [0.5, 0.6) is 0 Å². The lowest BCUT2D eigenvalue weighted by molar-refractivity contribution is 0.495. The number of aromatic nitrogens is 4. The van der Waals surface area contributed by atoms with Gasteiger partial charge in [0.2, 0.25) is 5.95 Å². The second kappa shape index (κ2) is 12.5. The van der Waals surface area contributed by atoms with E-state index in [0.717, 1.165) is 30.5 Å². The smallest absolute Gasteiger partial charge is 0.332 e. The molecule has 1 saturated heterocycles. The van der Waals surface area contributed by atoms with Crippen molar-refractivity contribution in [2.45, 2.75) is 58.7 Å². The van der Waals surface area contributed by atoms with Crippen molar-refractivity contribution in [2.75, 3.05) is 30.5 Å². The van der Waals surface area contributed by atoms with Crippen molar-refractivity contribution in [3.63, 3.8) is 0 Å². The Hall–Kier alpha value is -2.98. The Bertz CT molecular complexity index is 1380. The van der Waals surface area contributed by atoms with Gasteiger partial charge in [0.15, 0.2) is 11.2 Å². The van der Waals surface area contributed by atoms with Crippen molar-refractivity contribution < 1.29 is 4.21 Å². The quantitative estimate of drug-likeness (QED) is 0.493. The molecule has 0 saturated carbocycles. The highest BCUT2D eigenvalue weighted by Crippen LogP contribution is 2.24. The molecule has 1 aromatic carbocycles. The Balaban J connectivity index is 0.000000886. The third-order valence-corrected chi connectivity index (χ3v) is 6.46. The second-order valence-corrected chi connectivity index (χ2v) is 11.6. The molecule has 9 nitrogen and oxygen atoms in total. The first kappa shape index (κ1) is 28.6. The van der Waals surface area contributed by atoms with Crippen molar-refractivity contribution >= 4 is 27.9 Å². The van der Waals surface area contributed by atoms with E-state index in [4.69, 9.17) is 10.7 Å². The second-order valence-electron chi connectivity index (χ2n) is 10.1. The predicted molar refractivity (Wildman–Crippen MR) is 153 cm³/mol. The van der Waals surface area contributed by atoms with Crippen LogP contribution in [0.15, 0.2) is 51.6 Å². The van der Waals surface area contributed by atoms with Gasteiger partial charge in [-0.3, -0.25) is 18.1 Å². The molecule has 2 aromatic heterocycles. The fourth-order valence-electron chi connectivity index (χ4n) is 4.56. The molecule has 0 amide bonds. The minimum atomic E-state index is -0.611. The molecule has 0 bridgehead atoms. The topological polar surface area (TPSA) is 108 Å². The van der Waals surface area contributed by atoms with Crippen LogP contribution in [0.1, 0.15) is 45.1 Å². The summed E-state index contributed by atoms with van der Waals surface area (Å²) in [4.78, 5) is 33.9. The normalized spacial score (nSPS) is 16.4. The lowest BCUT2D eigenvalue weighted by Gasteiger charge is -2.31. The van der Waals surface area contributed by atoms with Crippen LogP contribution >= 0.6 is 0 Å². The molecule has 2 unspecified atom stereocenters. The van der Waals surface area contributed by atoms with Crippen LogP contribution in [0.3, 0.4) is 0 Å². The fourth-order valence-corrected chi connectivity index (χ4v) is 4.56. The van der Waals surface area contributed by atoms with Gasteiger partial charge in [-0.1, -0.05) is 48.9 Å². The van der Waals surface area contributed by atoms with E-state index in [2.05, 4.69) is 11.0 Å². The van der Waals surface area contributed by atoms with Gasteiger partial charge in [-0.2, -0.15) is 4.98 Å². The van der Waals surface area contributed by atoms with Gasteiger partial charge in [0.1, 0.15) is 0 Å². The van der Waals surface area contributed by atoms with Crippen LogP contribution in [0, 0.1) is 0 Å². The Labute approximate surface area is 221 Å². The van der Waals surface area contributed by atoms with Gasteiger partial charge in [0.05, 0.1) is 0 Å². The molecule has 202 valence electrons. The van der Waals surface area contributed by atoms with Gasteiger partial charge in [-0.25, -0.2) is 4.79 Å². The standard InChI is InChI=1S/C25H34N6O2.C2H6OS/c1-17(2)12-14-30-21-22(27-24(30)29-13-8-11-20(26)16-29)28(4)25(33)31(23(21)32)15-18(3)19-9-6-5-7-10-19;1-4(2)3/h5-7,9-10,12,18,20H,8,11,13-16,26H2,1-4H3;1-2H3. The largest absolute Gasteiger partial charge is 0.341 e. The zero-order valence-corrected chi connectivity index (χ0v) is 23.6. The van der Waals surface area contributed by atoms with Crippen LogP contribution < -0.4 is 21.9 Å². The SMILES string of the molecule is CC(C)=CCn1c(N2CCCC(N)C2)nc2c1c(=O)n(CC(C)c1ccccc1)c(=O)n2C.CS(C)=O. The lowest BCUT2D eigenvalue weighted by atomic mass is 10.0. The first-order valence-corrected chi connectivity index (χ1v) is 14.6. The average Bonchev–Trinajstić information content (AvgIpc) is 3.24. The highest BCUT2D eigenvalue weighted by Gasteiger charge is 2.26. The Morgan fingerprint density at radius 2 is 1.84 bits per heavy atom. The minimum absolute atomic E-state index is 0.0165. The summed E-state index contributed by atoms with van der Waals surface area (Å²) >= 11 is 0. The monoisotopic (exact) mass is 528 g/mol. The highest BCUT2D eigenvalue weighted by atomic mass is 32.2. The maximum Gasteiger partial charge on any atom is 0.332 e. The number of aryl methyl sites for hydroxylation is 1. The Morgan fingerprint density at radius 1 is 1.19 bits per heavy atom. The van der Waals surface area contributed by atoms with E-state index in [-0.39, 0.29) is 23.2 Å². The molecule has 0 spiro atoms. The third kappa shape index (κ3) is 6.87. The number of hydrogen-bond donors (Lipinski definition) is 1. The summed E-state index contributed by atoms with van der Waals surface area (Å²) < 4.78 is 14.4. The molecule has 1 aliphatic heterocycles. The number of nitrogens with two attached hydrogens (primary N) is 1. The van der Waals surface area contributed by atoms with E-state index >= 15 is 0 Å². The Morgan fingerprint density at radius 3 is 2.43 bits per heavy atom. The summed E-state index contributed by atoms with van der Waals surface area (Å²) in [5.74, 6) is 0.723. The molecular formula is C27H40N6O3S. The number of nitrogens with zero attached hydrogens (tertiary/aromatic N) is 5. The molecule has 2 atom stereocenters. The number of anilines is 1. The molecular weight excluding hydrogens is 488 g/mol. The first-order chi connectivity index (χ1) is 17.5. The zero-order valence-electron chi connectivity index (χ0n) is 22.8. The highest BCUT2D eigenvalue weighted by molar-refractivity contribution is 7.83. The molecule has 1 fully saturated rings. The average molecular weight is 529 g/mol. The predicted octanol–water partition coefficient (Wildman–Crippen LogP) is 2.59. The van der Waals surface area contributed by atoms with Crippen LogP contribution in [-0.2, 0) is 30.9 Å². The molecule has 0 radical (unpaired) electrons. The molecule has 4 rings (SSSR count). The number of hydrogen-bond acceptors (Lipinski definition) is 6.